The Morgan fingerprint density at radius 2 is 1.87 bits per heavy atom. The first-order valence-electron chi connectivity index (χ1n) is 4.30. The molecule has 0 aliphatic heterocycles. The van der Waals surface area contributed by atoms with Gasteiger partial charge in [-0.1, -0.05) is 30.3 Å². The molecule has 3 nitrogen and oxygen atoms in total. The van der Waals surface area contributed by atoms with Crippen LogP contribution in [0.3, 0.4) is 0 Å². The van der Waals surface area contributed by atoms with Gasteiger partial charge >= 0.3 is 5.97 Å². The number of carboxylic acid groups (broad SMARTS) is 1. The number of hydrogen-bond acceptors (Lipinski definition) is 3. The number of carboxylic acids is 1. The second-order valence-electron chi connectivity index (χ2n) is 3.06. The lowest BCUT2D eigenvalue weighted by atomic mass is 10.0. The zero-order chi connectivity index (χ0) is 10.8. The molecule has 0 aromatic heterocycles. The maximum Gasteiger partial charge on any atom is 0.337 e. The van der Waals surface area contributed by atoms with Gasteiger partial charge in [0.2, 0.25) is 0 Å². The van der Waals surface area contributed by atoms with Crippen molar-refractivity contribution in [3.8, 4) is 0 Å². The number of rotatable bonds is 2. The van der Waals surface area contributed by atoms with Crippen molar-refractivity contribution in [3.05, 3.63) is 42.0 Å². The molecule has 15 heavy (non-hydrogen) atoms. The lowest BCUT2D eigenvalue weighted by molar-refractivity contribution is 0.0695. The topological polar surface area (TPSA) is 57.5 Å². The molecular weight excluding hydrogens is 212 g/mol. The van der Waals surface area contributed by atoms with Crippen LogP contribution < -0.4 is 0 Å². The summed E-state index contributed by atoms with van der Waals surface area (Å²) in [6.07, 6.45) is 0. The highest BCUT2D eigenvalue weighted by molar-refractivity contribution is 7.93. The molecule has 0 radical (unpaired) electrons. The van der Waals surface area contributed by atoms with Crippen molar-refractivity contribution in [3.63, 3.8) is 0 Å². The summed E-state index contributed by atoms with van der Waals surface area (Å²) in [7, 11) is 0. The van der Waals surface area contributed by atoms with Gasteiger partial charge in [0.1, 0.15) is 0 Å². The van der Waals surface area contributed by atoms with Gasteiger partial charge in [0.15, 0.2) is 0 Å². The Morgan fingerprint density at radius 1 is 1.13 bits per heavy atom. The van der Waals surface area contributed by atoms with Gasteiger partial charge in [-0.25, -0.2) is 4.79 Å². The number of hydrogen-bond donors (Lipinski definition) is 2. The fourth-order valence-electron chi connectivity index (χ4n) is 1.55. The van der Waals surface area contributed by atoms with E-state index in [4.69, 9.17) is 9.66 Å². The van der Waals surface area contributed by atoms with Crippen LogP contribution in [-0.4, -0.2) is 15.6 Å². The molecule has 0 fully saturated rings. The summed E-state index contributed by atoms with van der Waals surface area (Å²) in [5.41, 5.74) is 0.153. The average Bonchev–Trinajstić information content (AvgIpc) is 2.27. The summed E-state index contributed by atoms with van der Waals surface area (Å²) in [5.74, 6) is -1.02. The van der Waals surface area contributed by atoms with E-state index in [2.05, 4.69) is 0 Å². The van der Waals surface area contributed by atoms with Gasteiger partial charge in [0.05, 0.1) is 10.5 Å². The first-order valence-corrected chi connectivity index (χ1v) is 5.08. The average molecular weight is 220 g/mol. The highest BCUT2D eigenvalue weighted by atomic mass is 32.2. The molecule has 4 heteroatoms. The first-order chi connectivity index (χ1) is 7.24. The summed E-state index contributed by atoms with van der Waals surface area (Å²) in [4.78, 5) is 11.4. The normalized spacial score (nSPS) is 10.5. The van der Waals surface area contributed by atoms with Gasteiger partial charge in [0, 0.05) is 12.0 Å². The van der Waals surface area contributed by atoms with Gasteiger partial charge in [0.25, 0.3) is 0 Å². The Morgan fingerprint density at radius 3 is 2.53 bits per heavy atom. The van der Waals surface area contributed by atoms with Crippen LogP contribution in [0.4, 0.5) is 0 Å². The van der Waals surface area contributed by atoms with Crippen LogP contribution >= 0.6 is 12.0 Å². The van der Waals surface area contributed by atoms with Crippen LogP contribution in [0.15, 0.2) is 41.3 Å². The van der Waals surface area contributed by atoms with Crippen molar-refractivity contribution < 1.29 is 14.5 Å². The molecule has 0 atom stereocenters. The third-order valence-corrected chi connectivity index (χ3v) is 2.74. The summed E-state index contributed by atoms with van der Waals surface area (Å²) < 4.78 is 8.98. The minimum Gasteiger partial charge on any atom is -0.478 e. The highest BCUT2D eigenvalue weighted by Gasteiger charge is 2.13. The van der Waals surface area contributed by atoms with E-state index in [-0.39, 0.29) is 5.56 Å². The summed E-state index contributed by atoms with van der Waals surface area (Å²) in [5, 5.41) is 10.6. The Hall–Kier alpha value is -1.52. The molecule has 0 heterocycles. The van der Waals surface area contributed by atoms with Gasteiger partial charge in [-0.05, 0) is 16.8 Å². The smallest absolute Gasteiger partial charge is 0.337 e. The first kappa shape index (κ1) is 10.0. The quantitative estimate of drug-likeness (QED) is 0.763. The molecule has 2 rings (SSSR count). The number of fused-ring (bicyclic) bond motifs is 1. The molecule has 0 bridgehead atoms. The predicted octanol–water partition coefficient (Wildman–Crippen LogP) is 3.10. The van der Waals surface area contributed by atoms with E-state index in [1.54, 1.807) is 24.3 Å². The molecule has 0 amide bonds. The van der Waals surface area contributed by atoms with Gasteiger partial charge in [-0.15, -0.1) is 0 Å². The zero-order valence-corrected chi connectivity index (χ0v) is 8.49. The minimum absolute atomic E-state index is 0.153. The van der Waals surface area contributed by atoms with E-state index in [9.17, 15) is 4.79 Å². The van der Waals surface area contributed by atoms with Crippen molar-refractivity contribution in [2.24, 2.45) is 0 Å². The Balaban J connectivity index is 2.85. The SMILES string of the molecule is O=C(O)c1c(SO)ccc2ccccc12. The Labute approximate surface area is 90.6 Å². The fraction of sp³-hybridized carbons (Fsp3) is 0. The molecule has 76 valence electrons. The third kappa shape index (κ3) is 1.69. The molecule has 0 aliphatic carbocycles. The monoisotopic (exact) mass is 220 g/mol. The Bertz CT molecular complexity index is 522. The largest absolute Gasteiger partial charge is 0.478 e. The molecule has 0 unspecified atom stereocenters. The van der Waals surface area contributed by atoms with Gasteiger partial charge < -0.3 is 9.66 Å². The Kier molecular flexibility index (Phi) is 2.62. The predicted molar refractivity (Wildman–Crippen MR) is 59.4 cm³/mol. The third-order valence-electron chi connectivity index (χ3n) is 2.20. The van der Waals surface area contributed by atoms with E-state index in [0.29, 0.717) is 22.3 Å². The molecular formula is C11H8O3S. The van der Waals surface area contributed by atoms with Crippen LogP contribution in [0, 0.1) is 0 Å². The van der Waals surface area contributed by atoms with Crippen molar-refractivity contribution in [2.45, 2.75) is 4.90 Å². The van der Waals surface area contributed by atoms with E-state index >= 15 is 0 Å². The van der Waals surface area contributed by atoms with Crippen molar-refractivity contribution in [2.75, 3.05) is 0 Å². The standard InChI is InChI=1S/C11H8O3S/c12-11(13)10-8-4-2-1-3-7(8)5-6-9(10)15-14/h1-6,14H,(H,12,13). The van der Waals surface area contributed by atoms with Crippen LogP contribution in [0.1, 0.15) is 10.4 Å². The van der Waals surface area contributed by atoms with Crippen LogP contribution in [-0.2, 0) is 0 Å². The van der Waals surface area contributed by atoms with Gasteiger partial charge in [-0.2, -0.15) is 0 Å². The van der Waals surface area contributed by atoms with Crippen LogP contribution in [0.2, 0.25) is 0 Å². The second-order valence-corrected chi connectivity index (χ2v) is 3.68. The van der Waals surface area contributed by atoms with Crippen LogP contribution in [0.25, 0.3) is 10.8 Å². The lowest BCUT2D eigenvalue weighted by Crippen LogP contribution is -1.99. The van der Waals surface area contributed by atoms with E-state index in [0.717, 1.165) is 5.39 Å². The van der Waals surface area contributed by atoms with E-state index in [1.165, 1.54) is 0 Å². The molecule has 2 N–H and O–H groups in total. The second kappa shape index (κ2) is 3.92. The molecule has 0 aliphatic rings. The van der Waals surface area contributed by atoms with Crippen molar-refractivity contribution in [1.82, 2.24) is 0 Å². The highest BCUT2D eigenvalue weighted by Crippen LogP contribution is 2.28. The van der Waals surface area contributed by atoms with Crippen molar-refractivity contribution in [1.29, 1.82) is 0 Å². The maximum absolute atomic E-state index is 11.1. The molecule has 2 aromatic rings. The summed E-state index contributed by atoms with van der Waals surface area (Å²) in [6, 6.07) is 10.6. The van der Waals surface area contributed by atoms with Gasteiger partial charge in [-0.3, -0.25) is 0 Å². The number of aromatic carboxylic acids is 1. The molecule has 0 saturated carbocycles. The summed E-state index contributed by atoms with van der Waals surface area (Å²) >= 11 is 0.458. The van der Waals surface area contributed by atoms with E-state index < -0.39 is 5.97 Å². The van der Waals surface area contributed by atoms with E-state index in [1.807, 2.05) is 12.1 Å². The number of benzene rings is 2. The molecule has 0 saturated heterocycles. The van der Waals surface area contributed by atoms with Crippen molar-refractivity contribution >= 4 is 28.8 Å². The molecule has 2 aromatic carbocycles. The minimum atomic E-state index is -1.02. The lowest BCUT2D eigenvalue weighted by Gasteiger charge is -2.05. The molecule has 0 spiro atoms. The number of carbonyl (C=O) groups is 1. The maximum atomic E-state index is 11.1. The zero-order valence-electron chi connectivity index (χ0n) is 7.68. The fourth-order valence-corrected chi connectivity index (χ4v) is 1.97. The summed E-state index contributed by atoms with van der Waals surface area (Å²) in [6.45, 7) is 0. The van der Waals surface area contributed by atoms with Crippen LogP contribution in [0.5, 0.6) is 0 Å².